The second-order valence-electron chi connectivity index (χ2n) is 9.25. The van der Waals surface area contributed by atoms with Gasteiger partial charge >= 0.3 is 0 Å². The minimum Gasteiger partial charge on any atom is -0.507 e. The third-order valence-corrected chi connectivity index (χ3v) is 6.11. The molecular formula is C28H31FN4O3. The standard InChI is InChI=1S/C28H31FN4O3/c1-4-22-25(15-14-23(26(22)34)19-10-12-21(29)13-11-19)36-17-7-16-35-24-9-6-5-8-20(24)18-28(2,3)27-30-32-33-31-27/h5-6,8-15,34H,4,7,16-18H2,1-3H3,(H,30,31,32,33). The Morgan fingerprint density at radius 3 is 2.36 bits per heavy atom. The van der Waals surface area contributed by atoms with Gasteiger partial charge in [0.1, 0.15) is 23.1 Å². The van der Waals surface area contributed by atoms with E-state index in [1.165, 1.54) is 12.1 Å². The highest BCUT2D eigenvalue weighted by Crippen LogP contribution is 2.38. The van der Waals surface area contributed by atoms with E-state index in [2.05, 4.69) is 34.5 Å². The van der Waals surface area contributed by atoms with E-state index in [0.29, 0.717) is 49.6 Å². The van der Waals surface area contributed by atoms with Gasteiger partial charge in [-0.1, -0.05) is 56.3 Å². The first-order chi connectivity index (χ1) is 17.4. The number of aromatic amines is 1. The van der Waals surface area contributed by atoms with Crippen molar-refractivity contribution in [2.24, 2.45) is 0 Å². The third-order valence-electron chi connectivity index (χ3n) is 6.11. The molecule has 0 aliphatic heterocycles. The SMILES string of the molecule is CCc1c(OCCCOc2ccccc2CC(C)(C)c2nn[nH]n2)ccc(-c2ccc(F)cc2)c1O. The Bertz CT molecular complexity index is 1270. The highest BCUT2D eigenvalue weighted by Gasteiger charge is 2.27. The third kappa shape index (κ3) is 5.82. The minimum absolute atomic E-state index is 0.163. The summed E-state index contributed by atoms with van der Waals surface area (Å²) < 4.78 is 25.3. The Hall–Kier alpha value is -3.94. The second kappa shape index (κ2) is 11.2. The Morgan fingerprint density at radius 1 is 0.944 bits per heavy atom. The number of para-hydroxylation sites is 1. The molecule has 3 aromatic carbocycles. The molecule has 0 spiro atoms. The van der Waals surface area contributed by atoms with Crippen LogP contribution in [0.3, 0.4) is 0 Å². The molecule has 0 atom stereocenters. The van der Waals surface area contributed by atoms with Crippen LogP contribution in [0.1, 0.15) is 44.1 Å². The molecular weight excluding hydrogens is 459 g/mol. The Morgan fingerprint density at radius 2 is 1.67 bits per heavy atom. The molecule has 0 saturated heterocycles. The second-order valence-corrected chi connectivity index (χ2v) is 9.25. The lowest BCUT2D eigenvalue weighted by molar-refractivity contribution is 0.243. The highest BCUT2D eigenvalue weighted by atomic mass is 19.1. The number of phenolic OH excluding ortho intramolecular Hbond substituents is 1. The van der Waals surface area contributed by atoms with Gasteiger partial charge in [0, 0.05) is 23.0 Å². The van der Waals surface area contributed by atoms with Gasteiger partial charge in [0.2, 0.25) is 0 Å². The van der Waals surface area contributed by atoms with Crippen LogP contribution in [0.4, 0.5) is 4.39 Å². The number of nitrogens with one attached hydrogen (secondary N) is 1. The van der Waals surface area contributed by atoms with Crippen LogP contribution in [0.25, 0.3) is 11.1 Å². The molecule has 0 aliphatic rings. The summed E-state index contributed by atoms with van der Waals surface area (Å²) in [7, 11) is 0. The first kappa shape index (κ1) is 25.2. The van der Waals surface area contributed by atoms with Gasteiger partial charge < -0.3 is 14.6 Å². The normalized spacial score (nSPS) is 11.4. The zero-order valence-electron chi connectivity index (χ0n) is 20.8. The van der Waals surface area contributed by atoms with E-state index in [4.69, 9.17) is 9.47 Å². The fourth-order valence-electron chi connectivity index (χ4n) is 4.17. The van der Waals surface area contributed by atoms with Gasteiger partial charge in [0.15, 0.2) is 5.82 Å². The number of hydrogen-bond acceptors (Lipinski definition) is 6. The monoisotopic (exact) mass is 490 g/mol. The first-order valence-electron chi connectivity index (χ1n) is 12.1. The Labute approximate surface area is 210 Å². The van der Waals surface area contributed by atoms with Crippen molar-refractivity contribution in [2.45, 2.75) is 45.4 Å². The maximum Gasteiger partial charge on any atom is 0.180 e. The van der Waals surface area contributed by atoms with Crippen LogP contribution >= 0.6 is 0 Å². The number of tetrazole rings is 1. The maximum absolute atomic E-state index is 13.3. The van der Waals surface area contributed by atoms with Crippen LogP contribution in [-0.4, -0.2) is 38.9 Å². The van der Waals surface area contributed by atoms with E-state index < -0.39 is 0 Å². The molecule has 0 bridgehead atoms. The van der Waals surface area contributed by atoms with Crippen molar-refractivity contribution in [3.8, 4) is 28.4 Å². The zero-order valence-corrected chi connectivity index (χ0v) is 20.8. The molecule has 0 saturated carbocycles. The molecule has 0 amide bonds. The van der Waals surface area contributed by atoms with Gasteiger partial charge in [-0.25, -0.2) is 4.39 Å². The molecule has 1 heterocycles. The molecule has 0 aliphatic carbocycles. The van der Waals surface area contributed by atoms with Crippen molar-refractivity contribution < 1.29 is 19.0 Å². The van der Waals surface area contributed by atoms with Crippen molar-refractivity contribution in [3.05, 3.63) is 83.4 Å². The molecule has 0 unspecified atom stereocenters. The Balaban J connectivity index is 1.34. The van der Waals surface area contributed by atoms with Crippen LogP contribution in [0.2, 0.25) is 0 Å². The summed E-state index contributed by atoms with van der Waals surface area (Å²) >= 11 is 0. The van der Waals surface area contributed by atoms with Gasteiger partial charge in [-0.15, -0.1) is 10.2 Å². The summed E-state index contributed by atoms with van der Waals surface area (Å²) in [6.45, 7) is 7.04. The van der Waals surface area contributed by atoms with Crippen LogP contribution in [0.15, 0.2) is 60.7 Å². The van der Waals surface area contributed by atoms with Crippen molar-refractivity contribution >= 4 is 0 Å². The largest absolute Gasteiger partial charge is 0.507 e. The number of benzene rings is 3. The summed E-state index contributed by atoms with van der Waals surface area (Å²) in [5, 5.41) is 25.3. The molecule has 36 heavy (non-hydrogen) atoms. The number of hydrogen-bond donors (Lipinski definition) is 2. The number of nitrogens with zero attached hydrogens (tertiary/aromatic N) is 3. The number of aromatic nitrogens is 4. The average molecular weight is 491 g/mol. The highest BCUT2D eigenvalue weighted by molar-refractivity contribution is 5.73. The van der Waals surface area contributed by atoms with Crippen molar-refractivity contribution in [3.63, 3.8) is 0 Å². The average Bonchev–Trinajstić information content (AvgIpc) is 3.42. The maximum atomic E-state index is 13.3. The molecule has 8 heteroatoms. The zero-order chi connectivity index (χ0) is 25.5. The van der Waals surface area contributed by atoms with Gasteiger partial charge in [-0.05, 0) is 54.3 Å². The van der Waals surface area contributed by atoms with E-state index in [9.17, 15) is 9.50 Å². The summed E-state index contributed by atoms with van der Waals surface area (Å²) in [5.41, 5.74) is 2.91. The van der Waals surface area contributed by atoms with Gasteiger partial charge in [-0.2, -0.15) is 5.21 Å². The predicted octanol–water partition coefficient (Wildman–Crippen LogP) is 5.64. The van der Waals surface area contributed by atoms with Gasteiger partial charge in [-0.3, -0.25) is 0 Å². The van der Waals surface area contributed by atoms with Gasteiger partial charge in [0.05, 0.1) is 13.2 Å². The molecule has 2 N–H and O–H groups in total. The van der Waals surface area contributed by atoms with Crippen LogP contribution in [0.5, 0.6) is 17.2 Å². The molecule has 188 valence electrons. The topological polar surface area (TPSA) is 93.2 Å². The number of rotatable bonds is 11. The summed E-state index contributed by atoms with van der Waals surface area (Å²) in [5.74, 6) is 1.98. The number of halogens is 1. The van der Waals surface area contributed by atoms with Gasteiger partial charge in [0.25, 0.3) is 0 Å². The lowest BCUT2D eigenvalue weighted by atomic mass is 9.85. The lowest BCUT2D eigenvalue weighted by Crippen LogP contribution is -2.23. The number of phenols is 1. The summed E-state index contributed by atoms with van der Waals surface area (Å²) in [6.07, 6.45) is 1.99. The molecule has 0 fully saturated rings. The van der Waals surface area contributed by atoms with Crippen LogP contribution < -0.4 is 9.47 Å². The van der Waals surface area contributed by atoms with Crippen LogP contribution in [-0.2, 0) is 18.3 Å². The first-order valence-corrected chi connectivity index (χ1v) is 12.1. The molecule has 4 aromatic rings. The number of ether oxygens (including phenoxy) is 2. The van der Waals surface area contributed by atoms with Crippen LogP contribution in [0, 0.1) is 5.82 Å². The quantitative estimate of drug-likeness (QED) is 0.264. The minimum atomic E-state index is -0.311. The van der Waals surface area contributed by atoms with Crippen molar-refractivity contribution in [1.29, 1.82) is 0 Å². The molecule has 4 rings (SSSR count). The van der Waals surface area contributed by atoms with Crippen molar-refractivity contribution in [1.82, 2.24) is 20.6 Å². The van der Waals surface area contributed by atoms with E-state index in [1.54, 1.807) is 18.2 Å². The van der Waals surface area contributed by atoms with Crippen molar-refractivity contribution in [2.75, 3.05) is 13.2 Å². The van der Waals surface area contributed by atoms with E-state index in [0.717, 1.165) is 22.4 Å². The lowest BCUT2D eigenvalue weighted by Gasteiger charge is -2.22. The predicted molar refractivity (Wildman–Crippen MR) is 136 cm³/mol. The number of H-pyrrole nitrogens is 1. The summed E-state index contributed by atoms with van der Waals surface area (Å²) in [4.78, 5) is 0. The smallest absolute Gasteiger partial charge is 0.180 e. The van der Waals surface area contributed by atoms with E-state index in [1.807, 2.05) is 37.3 Å². The van der Waals surface area contributed by atoms with E-state index in [-0.39, 0.29) is 17.0 Å². The molecule has 1 aromatic heterocycles. The number of aromatic hydroxyl groups is 1. The summed E-state index contributed by atoms with van der Waals surface area (Å²) in [6, 6.07) is 17.7. The molecule has 7 nitrogen and oxygen atoms in total. The van der Waals surface area contributed by atoms with E-state index >= 15 is 0 Å². The fraction of sp³-hybridized carbons (Fsp3) is 0.321. The fourth-order valence-corrected chi connectivity index (χ4v) is 4.17. The molecule has 0 radical (unpaired) electrons. The Kier molecular flexibility index (Phi) is 7.83.